The van der Waals surface area contributed by atoms with E-state index in [9.17, 15) is 9.59 Å². The maximum absolute atomic E-state index is 12.6. The van der Waals surface area contributed by atoms with Gasteiger partial charge in [-0.1, -0.05) is 30.3 Å². The van der Waals surface area contributed by atoms with Crippen LogP contribution in [0.2, 0.25) is 0 Å². The lowest BCUT2D eigenvalue weighted by molar-refractivity contribution is -0.126. The zero-order chi connectivity index (χ0) is 23.0. The molecule has 33 heavy (non-hydrogen) atoms. The summed E-state index contributed by atoms with van der Waals surface area (Å²) in [5.41, 5.74) is 3.39. The predicted molar refractivity (Wildman–Crippen MR) is 128 cm³/mol. The number of methoxy groups -OCH3 is 1. The number of nitrogens with one attached hydrogen (secondary N) is 2. The van der Waals surface area contributed by atoms with E-state index in [0.717, 1.165) is 24.2 Å². The smallest absolute Gasteiger partial charge is 0.255 e. The van der Waals surface area contributed by atoms with Crippen LogP contribution in [0.5, 0.6) is 11.5 Å². The van der Waals surface area contributed by atoms with E-state index in [0.29, 0.717) is 36.6 Å². The number of amides is 2. The van der Waals surface area contributed by atoms with E-state index < -0.39 is 0 Å². The first-order valence-corrected chi connectivity index (χ1v) is 11.1. The number of fused-ring (bicyclic) bond motifs is 1. The SMILES string of the molecule is COc1ccc(C(=O)Nc2ccc3c(c2)C[C@H](C(=O)NCCCc2ccccc2)CO3)cc1. The molecule has 3 aromatic carbocycles. The van der Waals surface area contributed by atoms with Crippen molar-refractivity contribution in [2.24, 2.45) is 5.92 Å². The lowest BCUT2D eigenvalue weighted by Crippen LogP contribution is -2.37. The molecule has 0 saturated carbocycles. The average molecular weight is 445 g/mol. The zero-order valence-electron chi connectivity index (χ0n) is 18.7. The normalized spacial score (nSPS) is 14.5. The standard InChI is InChI=1S/C27H28N2O4/c1-32-24-12-9-20(10-13-24)27(31)29-23-11-14-25-21(17-23)16-22(18-33-25)26(30)28-15-5-8-19-6-3-2-4-7-19/h2-4,6-7,9-14,17,22H,5,8,15-16,18H2,1H3,(H,28,30)(H,29,31)/t22-/m0/s1. The first-order chi connectivity index (χ1) is 16.1. The molecule has 0 radical (unpaired) electrons. The number of anilines is 1. The molecular weight excluding hydrogens is 416 g/mol. The van der Waals surface area contributed by atoms with Gasteiger partial charge in [0, 0.05) is 17.8 Å². The van der Waals surface area contributed by atoms with Gasteiger partial charge in [0.2, 0.25) is 5.91 Å². The third kappa shape index (κ3) is 5.92. The van der Waals surface area contributed by atoms with Gasteiger partial charge >= 0.3 is 0 Å². The van der Waals surface area contributed by atoms with E-state index in [1.54, 1.807) is 31.4 Å². The molecule has 6 heteroatoms. The molecular formula is C27H28N2O4. The Hall–Kier alpha value is -3.80. The maximum atomic E-state index is 12.6. The molecule has 1 aliphatic rings. The Morgan fingerprint density at radius 1 is 1.03 bits per heavy atom. The molecule has 0 bridgehead atoms. The van der Waals surface area contributed by atoms with Crippen molar-refractivity contribution in [3.63, 3.8) is 0 Å². The lowest BCUT2D eigenvalue weighted by Gasteiger charge is -2.25. The van der Waals surface area contributed by atoms with Crippen molar-refractivity contribution >= 4 is 17.5 Å². The Morgan fingerprint density at radius 2 is 1.82 bits per heavy atom. The Labute approximate surface area is 193 Å². The number of carbonyl (C=O) groups excluding carboxylic acids is 2. The lowest BCUT2D eigenvalue weighted by atomic mass is 9.95. The number of rotatable bonds is 8. The summed E-state index contributed by atoms with van der Waals surface area (Å²) in [7, 11) is 1.59. The molecule has 2 N–H and O–H groups in total. The van der Waals surface area contributed by atoms with Crippen molar-refractivity contribution in [2.75, 3.05) is 25.6 Å². The second-order valence-electron chi connectivity index (χ2n) is 8.10. The van der Waals surface area contributed by atoms with Crippen LogP contribution in [0.15, 0.2) is 72.8 Å². The van der Waals surface area contributed by atoms with Gasteiger partial charge in [0.1, 0.15) is 18.1 Å². The Morgan fingerprint density at radius 3 is 2.58 bits per heavy atom. The number of benzene rings is 3. The van der Waals surface area contributed by atoms with E-state index >= 15 is 0 Å². The van der Waals surface area contributed by atoms with Gasteiger partial charge in [-0.2, -0.15) is 0 Å². The van der Waals surface area contributed by atoms with Crippen molar-refractivity contribution in [1.82, 2.24) is 5.32 Å². The summed E-state index contributed by atoms with van der Waals surface area (Å²) >= 11 is 0. The molecule has 4 rings (SSSR count). The van der Waals surface area contributed by atoms with Gasteiger partial charge in [0.15, 0.2) is 0 Å². The van der Waals surface area contributed by atoms with Crippen LogP contribution in [0.3, 0.4) is 0 Å². The largest absolute Gasteiger partial charge is 0.497 e. The van der Waals surface area contributed by atoms with Gasteiger partial charge in [-0.05, 0) is 72.9 Å². The molecule has 1 heterocycles. The molecule has 0 spiro atoms. The van der Waals surface area contributed by atoms with Crippen LogP contribution < -0.4 is 20.1 Å². The summed E-state index contributed by atoms with van der Waals surface area (Å²) in [5.74, 6) is 0.998. The molecule has 6 nitrogen and oxygen atoms in total. The summed E-state index contributed by atoms with van der Waals surface area (Å²) in [6.45, 7) is 0.990. The fourth-order valence-electron chi connectivity index (χ4n) is 3.88. The van der Waals surface area contributed by atoms with Gasteiger partial charge < -0.3 is 20.1 Å². The first kappa shape index (κ1) is 22.4. The Bertz CT molecular complexity index is 1100. The maximum Gasteiger partial charge on any atom is 0.255 e. The molecule has 0 aromatic heterocycles. The highest BCUT2D eigenvalue weighted by Crippen LogP contribution is 2.30. The van der Waals surface area contributed by atoms with Crippen LogP contribution in [0, 0.1) is 5.92 Å². The van der Waals surface area contributed by atoms with Gasteiger partial charge in [0.05, 0.1) is 13.0 Å². The van der Waals surface area contributed by atoms with Crippen LogP contribution in [0.1, 0.15) is 27.9 Å². The zero-order valence-corrected chi connectivity index (χ0v) is 18.7. The molecule has 3 aromatic rings. The first-order valence-electron chi connectivity index (χ1n) is 11.1. The van der Waals surface area contributed by atoms with Crippen molar-refractivity contribution in [1.29, 1.82) is 0 Å². The molecule has 2 amide bonds. The number of aryl methyl sites for hydroxylation is 1. The summed E-state index contributed by atoms with van der Waals surface area (Å²) in [6, 6.07) is 22.7. The van der Waals surface area contributed by atoms with Gasteiger partial charge in [-0.25, -0.2) is 0 Å². The quantitative estimate of drug-likeness (QED) is 0.510. The van der Waals surface area contributed by atoms with E-state index in [2.05, 4.69) is 22.8 Å². The minimum atomic E-state index is -0.248. The minimum Gasteiger partial charge on any atom is -0.497 e. The van der Waals surface area contributed by atoms with E-state index in [1.807, 2.05) is 36.4 Å². The number of hydrogen-bond acceptors (Lipinski definition) is 4. The molecule has 0 saturated heterocycles. The highest BCUT2D eigenvalue weighted by molar-refractivity contribution is 6.04. The van der Waals surface area contributed by atoms with Crippen molar-refractivity contribution in [3.8, 4) is 11.5 Å². The van der Waals surface area contributed by atoms with Crippen LogP contribution in [-0.4, -0.2) is 32.1 Å². The molecule has 0 unspecified atom stereocenters. The van der Waals surface area contributed by atoms with E-state index in [1.165, 1.54) is 5.56 Å². The molecule has 0 aliphatic carbocycles. The van der Waals surface area contributed by atoms with Crippen molar-refractivity contribution in [3.05, 3.63) is 89.5 Å². The summed E-state index contributed by atoms with van der Waals surface area (Å²) in [6.07, 6.45) is 2.40. The van der Waals surface area contributed by atoms with E-state index in [4.69, 9.17) is 9.47 Å². The van der Waals surface area contributed by atoms with Crippen LogP contribution in [-0.2, 0) is 17.6 Å². The van der Waals surface area contributed by atoms with Gasteiger partial charge in [-0.3, -0.25) is 9.59 Å². The third-order valence-corrected chi connectivity index (χ3v) is 5.73. The highest BCUT2D eigenvalue weighted by Gasteiger charge is 2.26. The topological polar surface area (TPSA) is 76.7 Å². The average Bonchev–Trinajstić information content (AvgIpc) is 2.86. The monoisotopic (exact) mass is 444 g/mol. The van der Waals surface area contributed by atoms with Crippen LogP contribution >= 0.6 is 0 Å². The summed E-state index contributed by atoms with van der Waals surface area (Å²) in [5, 5.41) is 5.94. The summed E-state index contributed by atoms with van der Waals surface area (Å²) < 4.78 is 10.9. The minimum absolute atomic E-state index is 0.00128. The number of carbonyl (C=O) groups is 2. The fraction of sp³-hybridized carbons (Fsp3) is 0.259. The molecule has 1 atom stereocenters. The van der Waals surface area contributed by atoms with Crippen molar-refractivity contribution in [2.45, 2.75) is 19.3 Å². The third-order valence-electron chi connectivity index (χ3n) is 5.73. The Balaban J connectivity index is 1.30. The Kier molecular flexibility index (Phi) is 7.25. The molecule has 170 valence electrons. The molecule has 1 aliphatic heterocycles. The second kappa shape index (κ2) is 10.7. The van der Waals surface area contributed by atoms with Gasteiger partial charge in [-0.15, -0.1) is 0 Å². The second-order valence-corrected chi connectivity index (χ2v) is 8.10. The van der Waals surface area contributed by atoms with E-state index in [-0.39, 0.29) is 17.7 Å². The predicted octanol–water partition coefficient (Wildman–Crippen LogP) is 4.25. The number of ether oxygens (including phenoxy) is 2. The van der Waals surface area contributed by atoms with Crippen molar-refractivity contribution < 1.29 is 19.1 Å². The summed E-state index contributed by atoms with van der Waals surface area (Å²) in [4.78, 5) is 25.2. The highest BCUT2D eigenvalue weighted by atomic mass is 16.5. The fourth-order valence-corrected chi connectivity index (χ4v) is 3.88. The number of hydrogen-bond donors (Lipinski definition) is 2. The molecule has 0 fully saturated rings. The van der Waals surface area contributed by atoms with Crippen LogP contribution in [0.25, 0.3) is 0 Å². The van der Waals surface area contributed by atoms with Crippen LogP contribution in [0.4, 0.5) is 5.69 Å². The van der Waals surface area contributed by atoms with Gasteiger partial charge in [0.25, 0.3) is 5.91 Å².